The molecule has 0 unspecified atom stereocenters. The van der Waals surface area contributed by atoms with Gasteiger partial charge in [-0.1, -0.05) is 17.7 Å². The van der Waals surface area contributed by atoms with Crippen molar-refractivity contribution in [3.05, 3.63) is 35.4 Å². The van der Waals surface area contributed by atoms with E-state index < -0.39 is 5.97 Å². The van der Waals surface area contributed by atoms with E-state index in [4.69, 9.17) is 9.47 Å². The van der Waals surface area contributed by atoms with Crippen molar-refractivity contribution in [1.29, 1.82) is 0 Å². The second-order valence-electron chi connectivity index (χ2n) is 6.79. The number of carbonyl (C=O) groups excluding carboxylic acids is 2. The predicted octanol–water partition coefficient (Wildman–Crippen LogP) is 3.90. The first-order chi connectivity index (χ1) is 13.0. The van der Waals surface area contributed by atoms with Crippen LogP contribution in [0.15, 0.2) is 29.8 Å². The number of halogens is 1. The molecule has 0 aromatic heterocycles. The van der Waals surface area contributed by atoms with Gasteiger partial charge in [0.2, 0.25) is 5.91 Å². The van der Waals surface area contributed by atoms with Gasteiger partial charge in [0.25, 0.3) is 0 Å². The zero-order chi connectivity index (χ0) is 19.6. The number of nitrogens with one attached hydrogen (secondary N) is 1. The quantitative estimate of drug-likeness (QED) is 0.323. The number of unbranched alkanes of at least 4 members (excludes halogenated alkanes) is 1. The van der Waals surface area contributed by atoms with E-state index in [0.717, 1.165) is 37.7 Å². The Morgan fingerprint density at radius 3 is 2.63 bits per heavy atom. The first-order valence-electron chi connectivity index (χ1n) is 9.40. The first kappa shape index (κ1) is 20.9. The molecule has 1 aliphatic carbocycles. The van der Waals surface area contributed by atoms with Crippen LogP contribution >= 0.6 is 0 Å². The zero-order valence-corrected chi connectivity index (χ0v) is 16.1. The molecule has 0 saturated heterocycles. The Morgan fingerprint density at radius 1 is 1.26 bits per heavy atom. The summed E-state index contributed by atoms with van der Waals surface area (Å²) in [4.78, 5) is 23.4. The summed E-state index contributed by atoms with van der Waals surface area (Å²) in [6.07, 6.45) is 7.53. The van der Waals surface area contributed by atoms with Crippen LogP contribution in [0, 0.1) is 0 Å². The third-order valence-electron chi connectivity index (χ3n) is 4.61. The van der Waals surface area contributed by atoms with Crippen molar-refractivity contribution in [3.8, 4) is 11.5 Å². The molecule has 1 aromatic carbocycles. The molecular formula is C21H28FNO4. The van der Waals surface area contributed by atoms with Crippen LogP contribution in [-0.2, 0) is 16.0 Å². The number of esters is 1. The number of benzene rings is 1. The van der Waals surface area contributed by atoms with Crippen LogP contribution in [0.1, 0.15) is 51.0 Å². The predicted molar refractivity (Wildman–Crippen MR) is 102 cm³/mol. The molecule has 27 heavy (non-hydrogen) atoms. The average Bonchev–Trinajstić information content (AvgIpc) is 2.64. The molecule has 6 heteroatoms. The maximum absolute atomic E-state index is 12.3. The van der Waals surface area contributed by atoms with Gasteiger partial charge in [-0.25, -0.2) is 0 Å². The van der Waals surface area contributed by atoms with E-state index >= 15 is 0 Å². The van der Waals surface area contributed by atoms with E-state index in [1.54, 1.807) is 18.2 Å². The van der Waals surface area contributed by atoms with Gasteiger partial charge < -0.3 is 14.8 Å². The van der Waals surface area contributed by atoms with Crippen molar-refractivity contribution in [2.24, 2.45) is 0 Å². The lowest BCUT2D eigenvalue weighted by atomic mass is 9.90. The van der Waals surface area contributed by atoms with Crippen LogP contribution in [0.4, 0.5) is 4.39 Å². The highest BCUT2D eigenvalue weighted by atomic mass is 19.1. The largest absolute Gasteiger partial charge is 0.493 e. The Morgan fingerprint density at radius 2 is 2.00 bits per heavy atom. The lowest BCUT2D eigenvalue weighted by Crippen LogP contribution is -2.37. The van der Waals surface area contributed by atoms with Gasteiger partial charge in [-0.05, 0) is 56.2 Å². The average molecular weight is 377 g/mol. The molecule has 0 heterocycles. The van der Waals surface area contributed by atoms with Gasteiger partial charge in [0, 0.05) is 13.0 Å². The van der Waals surface area contributed by atoms with Crippen molar-refractivity contribution in [2.75, 3.05) is 13.8 Å². The summed E-state index contributed by atoms with van der Waals surface area (Å²) in [6.45, 7) is 1.06. The Bertz CT molecular complexity index is 677. The molecule has 0 spiro atoms. The molecule has 1 saturated carbocycles. The maximum atomic E-state index is 12.3. The molecule has 0 atom stereocenters. The molecule has 5 nitrogen and oxygen atoms in total. The monoisotopic (exact) mass is 377 g/mol. The Kier molecular flexibility index (Phi) is 8.30. The number of amides is 1. The van der Waals surface area contributed by atoms with Crippen LogP contribution in [-0.4, -0.2) is 31.7 Å². The van der Waals surface area contributed by atoms with E-state index in [9.17, 15) is 14.0 Å². The van der Waals surface area contributed by atoms with E-state index in [-0.39, 0.29) is 25.0 Å². The van der Waals surface area contributed by atoms with E-state index in [1.165, 1.54) is 19.6 Å². The fraction of sp³-hybridized carbons (Fsp3) is 0.524. The fourth-order valence-corrected chi connectivity index (χ4v) is 3.25. The molecule has 1 fully saturated rings. The summed E-state index contributed by atoms with van der Waals surface area (Å²) >= 11 is 0. The number of carbonyl (C=O) groups is 2. The Labute approximate surface area is 159 Å². The summed E-state index contributed by atoms with van der Waals surface area (Å²) in [5.41, 5.74) is 2.17. The highest BCUT2D eigenvalue weighted by Gasteiger charge is 2.19. The summed E-state index contributed by atoms with van der Waals surface area (Å²) in [5, 5.41) is 3.09. The molecular weight excluding hydrogens is 349 g/mol. The van der Waals surface area contributed by atoms with Crippen LogP contribution in [0.25, 0.3) is 0 Å². The van der Waals surface area contributed by atoms with Gasteiger partial charge in [0.15, 0.2) is 11.5 Å². The number of rotatable bonds is 8. The van der Waals surface area contributed by atoms with Crippen molar-refractivity contribution >= 4 is 11.9 Å². The SMILES string of the molecule is COc1cc(CC(=O)NC2CCC(=CCCCF)CC2)ccc1OC(C)=O. The van der Waals surface area contributed by atoms with Crippen LogP contribution < -0.4 is 14.8 Å². The first-order valence-corrected chi connectivity index (χ1v) is 9.40. The molecule has 0 aliphatic heterocycles. The molecule has 1 amide bonds. The number of alkyl halides is 1. The molecule has 0 radical (unpaired) electrons. The van der Waals surface area contributed by atoms with Gasteiger partial charge in [-0.2, -0.15) is 0 Å². The number of ether oxygens (including phenoxy) is 2. The van der Waals surface area contributed by atoms with Crippen molar-refractivity contribution in [1.82, 2.24) is 5.32 Å². The molecule has 1 aliphatic rings. The van der Waals surface area contributed by atoms with Gasteiger partial charge in [-0.3, -0.25) is 14.0 Å². The number of hydrogen-bond acceptors (Lipinski definition) is 4. The summed E-state index contributed by atoms with van der Waals surface area (Å²) in [5.74, 6) is 0.311. The number of methoxy groups -OCH3 is 1. The van der Waals surface area contributed by atoms with E-state index in [2.05, 4.69) is 11.4 Å². The third kappa shape index (κ3) is 7.04. The van der Waals surface area contributed by atoms with Crippen molar-refractivity contribution in [2.45, 2.75) is 57.9 Å². The summed E-state index contributed by atoms with van der Waals surface area (Å²) in [7, 11) is 1.49. The molecule has 0 bridgehead atoms. The smallest absolute Gasteiger partial charge is 0.308 e. The van der Waals surface area contributed by atoms with Crippen molar-refractivity contribution < 1.29 is 23.5 Å². The van der Waals surface area contributed by atoms with Gasteiger partial charge >= 0.3 is 5.97 Å². The molecule has 148 valence electrons. The molecule has 1 aromatic rings. The molecule has 1 N–H and O–H groups in total. The standard InChI is InChI=1S/C21H28FNO4/c1-15(24)27-19-11-8-17(13-20(19)26-2)14-21(25)23-18-9-6-16(7-10-18)5-3-4-12-22/h5,8,11,13,18H,3-4,6-7,9-10,12,14H2,1-2H3,(H,23,25). The highest BCUT2D eigenvalue weighted by molar-refractivity contribution is 5.79. The summed E-state index contributed by atoms with van der Waals surface area (Å²) < 4.78 is 22.5. The number of allylic oxidation sites excluding steroid dienone is 2. The second-order valence-corrected chi connectivity index (χ2v) is 6.79. The van der Waals surface area contributed by atoms with Crippen molar-refractivity contribution in [3.63, 3.8) is 0 Å². The zero-order valence-electron chi connectivity index (χ0n) is 16.1. The Hall–Kier alpha value is -2.37. The van der Waals surface area contributed by atoms with Gasteiger partial charge in [0.05, 0.1) is 20.2 Å². The normalized spacial score (nSPS) is 16.6. The minimum Gasteiger partial charge on any atom is -0.493 e. The lowest BCUT2D eigenvalue weighted by Gasteiger charge is -2.25. The topological polar surface area (TPSA) is 64.6 Å². The van der Waals surface area contributed by atoms with Crippen LogP contribution in [0.3, 0.4) is 0 Å². The van der Waals surface area contributed by atoms with E-state index in [0.29, 0.717) is 17.9 Å². The van der Waals surface area contributed by atoms with Gasteiger partial charge in [0.1, 0.15) is 0 Å². The minimum atomic E-state index is -0.422. The highest BCUT2D eigenvalue weighted by Crippen LogP contribution is 2.28. The van der Waals surface area contributed by atoms with Gasteiger partial charge in [-0.15, -0.1) is 0 Å². The Balaban J connectivity index is 1.84. The fourth-order valence-electron chi connectivity index (χ4n) is 3.25. The summed E-state index contributed by atoms with van der Waals surface area (Å²) in [6, 6.07) is 5.29. The van der Waals surface area contributed by atoms with Crippen LogP contribution in [0.5, 0.6) is 11.5 Å². The lowest BCUT2D eigenvalue weighted by molar-refractivity contribution is -0.132. The maximum Gasteiger partial charge on any atom is 0.308 e. The number of hydrogen-bond donors (Lipinski definition) is 1. The second kappa shape index (κ2) is 10.7. The third-order valence-corrected chi connectivity index (χ3v) is 4.61. The molecule has 2 rings (SSSR count). The van der Waals surface area contributed by atoms with E-state index in [1.807, 2.05) is 0 Å². The van der Waals surface area contributed by atoms with Crippen LogP contribution in [0.2, 0.25) is 0 Å². The minimum absolute atomic E-state index is 0.0350.